The first-order valence-corrected chi connectivity index (χ1v) is 2.18. The van der Waals surface area contributed by atoms with Crippen LogP contribution in [0.15, 0.2) is 12.7 Å². The van der Waals surface area contributed by atoms with Crippen LogP contribution in [0.4, 0.5) is 0 Å². The predicted molar refractivity (Wildman–Crippen MR) is 28.4 cm³/mol. The third-order valence-electron chi connectivity index (χ3n) is 0.628. The van der Waals surface area contributed by atoms with Gasteiger partial charge in [-0.1, -0.05) is 0 Å². The molecule has 0 saturated heterocycles. The van der Waals surface area contributed by atoms with Crippen molar-refractivity contribution in [3.63, 3.8) is 0 Å². The summed E-state index contributed by atoms with van der Waals surface area (Å²) < 4.78 is 4.37. The molecule has 0 aliphatic heterocycles. The zero-order chi connectivity index (χ0) is 6.53. The van der Waals surface area contributed by atoms with Gasteiger partial charge in [-0.3, -0.25) is 0 Å². The van der Waals surface area contributed by atoms with Crippen LogP contribution in [0.3, 0.4) is 0 Å². The van der Waals surface area contributed by atoms with E-state index in [2.05, 4.69) is 19.6 Å². The number of hydrogen-bond acceptors (Lipinski definition) is 5. The van der Waals surface area contributed by atoms with Gasteiger partial charge >= 0.3 is 13.7 Å². The highest BCUT2D eigenvalue weighted by atomic mass is 16.5. The van der Waals surface area contributed by atoms with E-state index in [1.165, 1.54) is 12.7 Å². The molecule has 0 aliphatic carbocycles. The molecule has 1 aromatic heterocycles. The third-order valence-corrected chi connectivity index (χ3v) is 0.628. The fourth-order valence-corrected chi connectivity index (χ4v) is 0.337. The Labute approximate surface area is 52.1 Å². The molecule has 0 aromatic carbocycles. The topological polar surface area (TPSA) is 68.1 Å². The Morgan fingerprint density at radius 1 is 1.44 bits per heavy atom. The van der Waals surface area contributed by atoms with E-state index in [1.807, 2.05) is 0 Å². The van der Waals surface area contributed by atoms with Crippen LogP contribution < -0.4 is 4.65 Å². The molecule has 0 spiro atoms. The molecule has 1 aromatic rings. The molecule has 0 aliphatic rings. The van der Waals surface area contributed by atoms with Gasteiger partial charge in [0.1, 0.15) is 12.7 Å². The Balaban J connectivity index is 2.61. The smallest absolute Gasteiger partial charge is 0.509 e. The number of aromatic nitrogens is 3. The third kappa shape index (κ3) is 1.65. The van der Waals surface area contributed by atoms with E-state index in [9.17, 15) is 0 Å². The summed E-state index contributed by atoms with van der Waals surface area (Å²) in [6.45, 7) is 0. The summed E-state index contributed by atoms with van der Waals surface area (Å²) in [6.07, 6.45) is 2.54. The van der Waals surface area contributed by atoms with Gasteiger partial charge in [-0.25, -0.2) is 4.98 Å². The highest BCUT2D eigenvalue weighted by Gasteiger charge is 1.92. The monoisotopic (exact) mass is 124 g/mol. The first-order chi connectivity index (χ1) is 4.43. The van der Waals surface area contributed by atoms with E-state index >= 15 is 0 Å². The number of hydrogen-bond donors (Lipinski definition) is 1. The van der Waals surface area contributed by atoms with E-state index in [-0.39, 0.29) is 6.01 Å². The van der Waals surface area contributed by atoms with Gasteiger partial charge in [0.05, 0.1) is 0 Å². The van der Waals surface area contributed by atoms with Crippen LogP contribution in [0.5, 0.6) is 6.01 Å². The Hall–Kier alpha value is -1.17. The van der Waals surface area contributed by atoms with Crippen molar-refractivity contribution in [1.29, 1.82) is 0 Å². The largest absolute Gasteiger partial charge is 0.571 e. The molecule has 1 radical (unpaired) electrons. The second-order valence-corrected chi connectivity index (χ2v) is 1.14. The Morgan fingerprint density at radius 3 is 2.67 bits per heavy atom. The Bertz CT molecular complexity index is 170. The van der Waals surface area contributed by atoms with Gasteiger partial charge in [-0.15, -0.1) is 0 Å². The highest BCUT2D eigenvalue weighted by molar-refractivity contribution is 6.17. The summed E-state index contributed by atoms with van der Waals surface area (Å²) in [4.78, 5) is 10.6. The van der Waals surface area contributed by atoms with Gasteiger partial charge in [-0.2, -0.15) is 9.97 Å². The molecule has 5 nitrogen and oxygen atoms in total. The predicted octanol–water partition coefficient (Wildman–Crippen LogP) is -1.22. The maximum atomic E-state index is 8.07. The SMILES string of the molecule is O[B]Oc1ncncn1. The quantitative estimate of drug-likeness (QED) is 0.500. The summed E-state index contributed by atoms with van der Waals surface area (Å²) >= 11 is 0. The zero-order valence-electron chi connectivity index (χ0n) is 4.43. The van der Waals surface area contributed by atoms with Crippen LogP contribution >= 0.6 is 0 Å². The minimum Gasteiger partial charge on any atom is -0.509 e. The lowest BCUT2D eigenvalue weighted by molar-refractivity contribution is 0.429. The first-order valence-electron chi connectivity index (χ1n) is 2.18. The molecular formula is C3H3BN3O2. The van der Waals surface area contributed by atoms with Gasteiger partial charge < -0.3 is 9.68 Å². The molecule has 9 heavy (non-hydrogen) atoms. The summed E-state index contributed by atoms with van der Waals surface area (Å²) in [5, 5.41) is 8.07. The summed E-state index contributed by atoms with van der Waals surface area (Å²) in [7, 11) is 0.509. The standard InChI is InChI=1S/C3H3BN3O2/c8-4-9-3-6-1-5-2-7-3/h1-2,8H. The highest BCUT2D eigenvalue weighted by Crippen LogP contribution is 1.91. The molecule has 0 atom stereocenters. The molecular weight excluding hydrogens is 121 g/mol. The number of rotatable bonds is 2. The maximum Gasteiger partial charge on any atom is 0.571 e. The van der Waals surface area contributed by atoms with Crippen molar-refractivity contribution in [2.75, 3.05) is 0 Å². The minimum atomic E-state index is 0.0764. The van der Waals surface area contributed by atoms with E-state index in [0.717, 1.165) is 0 Å². The molecule has 0 fully saturated rings. The molecule has 1 rings (SSSR count). The second kappa shape index (κ2) is 2.98. The summed E-state index contributed by atoms with van der Waals surface area (Å²) in [6, 6.07) is 0.0764. The van der Waals surface area contributed by atoms with Crippen LogP contribution in [0, 0.1) is 0 Å². The first kappa shape index (κ1) is 5.96. The fraction of sp³-hybridized carbons (Fsp3) is 0. The molecule has 0 unspecified atom stereocenters. The summed E-state index contributed by atoms with van der Waals surface area (Å²) in [5.41, 5.74) is 0. The fourth-order valence-electron chi connectivity index (χ4n) is 0.337. The molecule has 0 saturated carbocycles. The lowest BCUT2D eigenvalue weighted by atomic mass is 10.4. The van der Waals surface area contributed by atoms with Gasteiger partial charge in [0.2, 0.25) is 0 Å². The second-order valence-electron chi connectivity index (χ2n) is 1.14. The lowest BCUT2D eigenvalue weighted by Crippen LogP contribution is -2.03. The summed E-state index contributed by atoms with van der Waals surface area (Å²) in [5.74, 6) is 0. The van der Waals surface area contributed by atoms with Crippen molar-refractivity contribution in [1.82, 2.24) is 15.0 Å². The van der Waals surface area contributed by atoms with Gasteiger partial charge in [0.25, 0.3) is 0 Å². The Morgan fingerprint density at radius 2 is 2.11 bits per heavy atom. The number of nitrogens with zero attached hydrogens (tertiary/aromatic N) is 3. The zero-order valence-corrected chi connectivity index (χ0v) is 4.43. The van der Waals surface area contributed by atoms with Gasteiger partial charge in [0, 0.05) is 0 Å². The van der Waals surface area contributed by atoms with Crippen LogP contribution in [-0.2, 0) is 0 Å². The average molecular weight is 124 g/mol. The molecule has 1 N–H and O–H groups in total. The van der Waals surface area contributed by atoms with Gasteiger partial charge in [-0.05, 0) is 0 Å². The Kier molecular flexibility index (Phi) is 1.98. The van der Waals surface area contributed by atoms with E-state index in [1.54, 1.807) is 0 Å². The lowest BCUT2D eigenvalue weighted by Gasteiger charge is -1.93. The van der Waals surface area contributed by atoms with Crippen LogP contribution in [-0.4, -0.2) is 27.7 Å². The van der Waals surface area contributed by atoms with Crippen molar-refractivity contribution < 1.29 is 9.68 Å². The van der Waals surface area contributed by atoms with Crippen LogP contribution in [0.2, 0.25) is 0 Å². The normalized spacial score (nSPS) is 8.56. The molecule has 45 valence electrons. The molecule has 0 amide bonds. The minimum absolute atomic E-state index is 0.0764. The molecule has 0 bridgehead atoms. The van der Waals surface area contributed by atoms with E-state index in [4.69, 9.17) is 5.02 Å². The van der Waals surface area contributed by atoms with Crippen LogP contribution in [0.25, 0.3) is 0 Å². The molecule has 1 heterocycles. The van der Waals surface area contributed by atoms with E-state index < -0.39 is 0 Å². The van der Waals surface area contributed by atoms with Crippen molar-refractivity contribution in [2.45, 2.75) is 0 Å². The maximum absolute atomic E-state index is 8.07. The van der Waals surface area contributed by atoms with Crippen molar-refractivity contribution >= 4 is 7.69 Å². The average Bonchev–Trinajstić information content (AvgIpc) is 1.91. The van der Waals surface area contributed by atoms with Crippen molar-refractivity contribution in [3.8, 4) is 6.01 Å². The molecule has 6 heteroatoms. The van der Waals surface area contributed by atoms with Gasteiger partial charge in [0.15, 0.2) is 0 Å². The van der Waals surface area contributed by atoms with E-state index in [0.29, 0.717) is 7.69 Å². The van der Waals surface area contributed by atoms with Crippen molar-refractivity contribution in [2.24, 2.45) is 0 Å². The van der Waals surface area contributed by atoms with Crippen molar-refractivity contribution in [3.05, 3.63) is 12.7 Å². The van der Waals surface area contributed by atoms with Crippen LogP contribution in [0.1, 0.15) is 0 Å².